The maximum absolute atomic E-state index is 10.6. The molecule has 0 unspecified atom stereocenters. The zero-order valence-corrected chi connectivity index (χ0v) is 12.9. The van der Waals surface area contributed by atoms with Crippen molar-refractivity contribution in [3.05, 3.63) is 69.8 Å². The van der Waals surface area contributed by atoms with E-state index in [9.17, 15) is 10.1 Å². The molecule has 2 rings (SSSR count). The summed E-state index contributed by atoms with van der Waals surface area (Å²) in [6.07, 6.45) is 0. The van der Waals surface area contributed by atoms with Crippen LogP contribution in [0.3, 0.4) is 0 Å². The molecule has 2 aromatic rings. The first kappa shape index (κ1) is 16.5. The Morgan fingerprint density at radius 2 is 1.57 bits per heavy atom. The summed E-state index contributed by atoms with van der Waals surface area (Å²) in [6.45, 7) is 3.59. The Labute approximate surface area is 135 Å². The lowest BCUT2D eigenvalue weighted by Crippen LogP contribution is -2.25. The lowest BCUT2D eigenvalue weighted by molar-refractivity contribution is -0.384. The van der Waals surface area contributed by atoms with Gasteiger partial charge in [0.2, 0.25) is 0 Å². The van der Waals surface area contributed by atoms with Crippen molar-refractivity contribution in [3.8, 4) is 11.8 Å². The highest BCUT2D eigenvalue weighted by Gasteiger charge is 2.03. The maximum Gasteiger partial charge on any atom is 0.269 e. The van der Waals surface area contributed by atoms with Crippen molar-refractivity contribution in [2.75, 3.05) is 24.6 Å². The molecule has 0 fully saturated rings. The number of hydrogen-bond acceptors (Lipinski definition) is 4. The molecule has 118 valence electrons. The molecule has 0 atom stereocenters. The van der Waals surface area contributed by atoms with Crippen LogP contribution in [0.4, 0.5) is 11.4 Å². The van der Waals surface area contributed by atoms with E-state index in [0.29, 0.717) is 6.54 Å². The average Bonchev–Trinajstić information content (AvgIpc) is 2.59. The molecule has 5 nitrogen and oxygen atoms in total. The molecule has 23 heavy (non-hydrogen) atoms. The molecule has 0 aliphatic heterocycles. The molecule has 0 aliphatic rings. The minimum Gasteiger partial charge on any atom is -0.395 e. The van der Waals surface area contributed by atoms with E-state index < -0.39 is 4.92 Å². The van der Waals surface area contributed by atoms with Crippen molar-refractivity contribution in [2.24, 2.45) is 0 Å². The van der Waals surface area contributed by atoms with E-state index in [0.717, 1.165) is 23.4 Å². The number of aliphatic hydroxyl groups is 1. The van der Waals surface area contributed by atoms with Gasteiger partial charge in [0.05, 0.1) is 11.5 Å². The lowest BCUT2D eigenvalue weighted by Gasteiger charge is -2.21. The van der Waals surface area contributed by atoms with Crippen molar-refractivity contribution in [3.63, 3.8) is 0 Å². The van der Waals surface area contributed by atoms with Gasteiger partial charge in [-0.25, -0.2) is 0 Å². The standard InChI is InChI=1S/C18H18N2O3/c1-2-19(13-14-21)17-9-5-15(6-10-17)3-4-16-7-11-18(12-8-16)20(22)23/h5-12,21H,2,13-14H2,1H3. The largest absolute Gasteiger partial charge is 0.395 e. The number of hydrogen-bond donors (Lipinski definition) is 1. The number of nitro groups is 1. The summed E-state index contributed by atoms with van der Waals surface area (Å²) >= 11 is 0. The number of likely N-dealkylation sites (N-methyl/N-ethyl adjacent to an activating group) is 1. The van der Waals surface area contributed by atoms with Gasteiger partial charge in [-0.1, -0.05) is 11.8 Å². The Morgan fingerprint density at radius 3 is 2.00 bits per heavy atom. The topological polar surface area (TPSA) is 66.6 Å². The summed E-state index contributed by atoms with van der Waals surface area (Å²) in [6, 6.07) is 14.0. The van der Waals surface area contributed by atoms with Crippen LogP contribution in [-0.4, -0.2) is 29.7 Å². The first-order valence-corrected chi connectivity index (χ1v) is 7.36. The van der Waals surface area contributed by atoms with Crippen LogP contribution in [0.15, 0.2) is 48.5 Å². The number of nitro benzene ring substituents is 1. The lowest BCUT2D eigenvalue weighted by atomic mass is 10.1. The number of rotatable bonds is 5. The van der Waals surface area contributed by atoms with E-state index in [4.69, 9.17) is 5.11 Å². The number of benzene rings is 2. The highest BCUT2D eigenvalue weighted by atomic mass is 16.6. The number of aliphatic hydroxyl groups excluding tert-OH is 1. The third-order valence-electron chi connectivity index (χ3n) is 3.41. The number of non-ortho nitro benzene ring substituents is 1. The molecule has 0 saturated carbocycles. The van der Waals surface area contributed by atoms with Gasteiger partial charge in [0, 0.05) is 42.0 Å². The molecule has 0 radical (unpaired) electrons. The zero-order chi connectivity index (χ0) is 16.7. The Hall–Kier alpha value is -2.84. The summed E-state index contributed by atoms with van der Waals surface area (Å²) in [4.78, 5) is 12.2. The van der Waals surface area contributed by atoms with Crippen LogP contribution in [-0.2, 0) is 0 Å². The van der Waals surface area contributed by atoms with Crippen LogP contribution in [0.2, 0.25) is 0 Å². The third-order valence-corrected chi connectivity index (χ3v) is 3.41. The Kier molecular flexibility index (Phi) is 5.73. The van der Waals surface area contributed by atoms with Crippen molar-refractivity contribution in [1.82, 2.24) is 0 Å². The first-order valence-electron chi connectivity index (χ1n) is 7.36. The summed E-state index contributed by atoms with van der Waals surface area (Å²) in [5.41, 5.74) is 2.70. The van der Waals surface area contributed by atoms with Gasteiger partial charge in [0.1, 0.15) is 0 Å². The smallest absolute Gasteiger partial charge is 0.269 e. The Morgan fingerprint density at radius 1 is 1.04 bits per heavy atom. The second-order valence-corrected chi connectivity index (χ2v) is 4.90. The molecule has 1 N–H and O–H groups in total. The second-order valence-electron chi connectivity index (χ2n) is 4.90. The summed E-state index contributed by atoms with van der Waals surface area (Å²) in [7, 11) is 0. The van der Waals surface area contributed by atoms with Crippen molar-refractivity contribution < 1.29 is 10.0 Å². The van der Waals surface area contributed by atoms with Crippen LogP contribution in [0.25, 0.3) is 0 Å². The van der Waals surface area contributed by atoms with Gasteiger partial charge >= 0.3 is 0 Å². The van der Waals surface area contributed by atoms with Gasteiger partial charge in [-0.15, -0.1) is 0 Å². The van der Waals surface area contributed by atoms with Gasteiger partial charge < -0.3 is 10.0 Å². The predicted molar refractivity (Wildman–Crippen MR) is 90.5 cm³/mol. The monoisotopic (exact) mass is 310 g/mol. The number of nitrogens with zero attached hydrogens (tertiary/aromatic N) is 2. The molecule has 5 heteroatoms. The highest BCUT2D eigenvalue weighted by Crippen LogP contribution is 2.15. The van der Waals surface area contributed by atoms with E-state index in [2.05, 4.69) is 16.7 Å². The van der Waals surface area contributed by atoms with E-state index >= 15 is 0 Å². The molecule has 0 heterocycles. The first-order chi connectivity index (χ1) is 11.1. The predicted octanol–water partition coefficient (Wildman–Crippen LogP) is 2.81. The molecule has 0 aromatic heterocycles. The normalized spacial score (nSPS) is 9.83. The van der Waals surface area contributed by atoms with E-state index in [1.165, 1.54) is 12.1 Å². The molecule has 0 aliphatic carbocycles. The van der Waals surface area contributed by atoms with Crippen LogP contribution in [0.1, 0.15) is 18.1 Å². The summed E-state index contributed by atoms with van der Waals surface area (Å²) in [5, 5.41) is 19.6. The van der Waals surface area contributed by atoms with Gasteiger partial charge in [0.15, 0.2) is 0 Å². The average molecular weight is 310 g/mol. The molecular weight excluding hydrogens is 292 g/mol. The van der Waals surface area contributed by atoms with Crippen LogP contribution >= 0.6 is 0 Å². The Bertz CT molecular complexity index is 713. The van der Waals surface area contributed by atoms with Crippen molar-refractivity contribution in [2.45, 2.75) is 6.92 Å². The molecule has 0 amide bonds. The molecule has 2 aromatic carbocycles. The second kappa shape index (κ2) is 7.97. The minimum atomic E-state index is -0.429. The fourth-order valence-electron chi connectivity index (χ4n) is 2.16. The highest BCUT2D eigenvalue weighted by molar-refractivity contribution is 5.52. The van der Waals surface area contributed by atoms with Crippen LogP contribution in [0, 0.1) is 22.0 Å². The van der Waals surface area contributed by atoms with Crippen LogP contribution in [0.5, 0.6) is 0 Å². The molecule has 0 saturated heterocycles. The van der Waals surface area contributed by atoms with Crippen LogP contribution < -0.4 is 4.90 Å². The van der Waals surface area contributed by atoms with E-state index in [-0.39, 0.29) is 12.3 Å². The zero-order valence-electron chi connectivity index (χ0n) is 12.9. The maximum atomic E-state index is 10.6. The third kappa shape index (κ3) is 4.56. The van der Waals surface area contributed by atoms with Gasteiger partial charge in [0.25, 0.3) is 5.69 Å². The Balaban J connectivity index is 2.10. The SMILES string of the molecule is CCN(CCO)c1ccc(C#Cc2ccc([N+](=O)[O-])cc2)cc1. The number of anilines is 1. The fourth-order valence-corrected chi connectivity index (χ4v) is 2.16. The molecular formula is C18H18N2O3. The van der Waals surface area contributed by atoms with Gasteiger partial charge in [-0.05, 0) is 43.3 Å². The summed E-state index contributed by atoms with van der Waals surface area (Å²) < 4.78 is 0. The molecule has 0 bridgehead atoms. The van der Waals surface area contributed by atoms with Crippen molar-refractivity contribution >= 4 is 11.4 Å². The minimum absolute atomic E-state index is 0.0587. The summed E-state index contributed by atoms with van der Waals surface area (Å²) in [5.74, 6) is 6.03. The fraction of sp³-hybridized carbons (Fsp3) is 0.222. The van der Waals surface area contributed by atoms with Gasteiger partial charge in [-0.3, -0.25) is 10.1 Å². The van der Waals surface area contributed by atoms with E-state index in [1.54, 1.807) is 12.1 Å². The van der Waals surface area contributed by atoms with Crippen molar-refractivity contribution in [1.29, 1.82) is 0 Å². The molecule has 0 spiro atoms. The van der Waals surface area contributed by atoms with Gasteiger partial charge in [-0.2, -0.15) is 0 Å². The van der Waals surface area contributed by atoms with E-state index in [1.807, 2.05) is 31.2 Å². The quantitative estimate of drug-likeness (QED) is 0.524.